The molecule has 0 bridgehead atoms. The molecule has 1 aliphatic rings. The van der Waals surface area contributed by atoms with Gasteiger partial charge < -0.3 is 19.3 Å². The molecule has 0 radical (unpaired) electrons. The van der Waals surface area contributed by atoms with Gasteiger partial charge in [0, 0.05) is 18.7 Å². The summed E-state index contributed by atoms with van der Waals surface area (Å²) in [6.07, 6.45) is 1.51. The number of furan rings is 1. The molecule has 6 heteroatoms. The number of carbonyl (C=O) groups is 2. The van der Waals surface area contributed by atoms with Crippen LogP contribution >= 0.6 is 0 Å². The van der Waals surface area contributed by atoms with Crippen molar-refractivity contribution in [1.82, 2.24) is 9.80 Å². The second kappa shape index (κ2) is 8.44. The Balaban J connectivity index is 2.03. The SMILES string of the molecule is CCN(CC)CCN1C(=O)C(=O)/C(=C(/O)c2ccc(C)cc2)[C@H]1c1ccco1. The van der Waals surface area contributed by atoms with Crippen LogP contribution in [0.25, 0.3) is 5.76 Å². The van der Waals surface area contributed by atoms with Crippen molar-refractivity contribution in [3.05, 3.63) is 65.1 Å². The zero-order valence-electron chi connectivity index (χ0n) is 16.5. The second-order valence-electron chi connectivity index (χ2n) is 6.90. The molecule has 2 heterocycles. The van der Waals surface area contributed by atoms with Gasteiger partial charge in [-0.1, -0.05) is 43.7 Å². The first-order chi connectivity index (χ1) is 13.5. The molecular weight excluding hydrogens is 356 g/mol. The van der Waals surface area contributed by atoms with Gasteiger partial charge in [-0.2, -0.15) is 0 Å². The van der Waals surface area contributed by atoms with Crippen LogP contribution < -0.4 is 0 Å². The van der Waals surface area contributed by atoms with Crippen molar-refractivity contribution in [3.8, 4) is 0 Å². The third kappa shape index (κ3) is 3.73. The minimum atomic E-state index is -0.730. The second-order valence-corrected chi connectivity index (χ2v) is 6.90. The van der Waals surface area contributed by atoms with E-state index in [2.05, 4.69) is 18.7 Å². The summed E-state index contributed by atoms with van der Waals surface area (Å²) in [5.41, 5.74) is 1.62. The number of likely N-dealkylation sites (N-methyl/N-ethyl adjacent to an activating group) is 1. The van der Waals surface area contributed by atoms with E-state index in [4.69, 9.17) is 4.42 Å². The normalized spacial score (nSPS) is 19.0. The predicted molar refractivity (Wildman–Crippen MR) is 107 cm³/mol. The van der Waals surface area contributed by atoms with E-state index >= 15 is 0 Å². The number of aliphatic hydroxyl groups is 1. The van der Waals surface area contributed by atoms with Gasteiger partial charge in [-0.3, -0.25) is 9.59 Å². The first-order valence-corrected chi connectivity index (χ1v) is 9.59. The van der Waals surface area contributed by atoms with E-state index in [1.165, 1.54) is 11.2 Å². The summed E-state index contributed by atoms with van der Waals surface area (Å²) >= 11 is 0. The number of ketones is 1. The lowest BCUT2D eigenvalue weighted by Gasteiger charge is -2.26. The van der Waals surface area contributed by atoms with E-state index in [0.29, 0.717) is 24.4 Å². The van der Waals surface area contributed by atoms with Gasteiger partial charge in [-0.15, -0.1) is 0 Å². The molecule has 1 fully saturated rings. The fourth-order valence-electron chi connectivity index (χ4n) is 3.51. The summed E-state index contributed by atoms with van der Waals surface area (Å²) in [5, 5.41) is 10.9. The lowest BCUT2D eigenvalue weighted by molar-refractivity contribution is -0.140. The van der Waals surface area contributed by atoms with E-state index < -0.39 is 17.7 Å². The molecule has 0 unspecified atom stereocenters. The van der Waals surface area contributed by atoms with E-state index in [1.807, 2.05) is 19.1 Å². The van der Waals surface area contributed by atoms with Crippen molar-refractivity contribution in [2.45, 2.75) is 26.8 Å². The molecule has 148 valence electrons. The third-order valence-electron chi connectivity index (χ3n) is 5.23. The van der Waals surface area contributed by atoms with Gasteiger partial charge in [0.2, 0.25) is 0 Å². The van der Waals surface area contributed by atoms with Crippen LogP contribution in [0.5, 0.6) is 0 Å². The fraction of sp³-hybridized carbons (Fsp3) is 0.364. The maximum atomic E-state index is 12.8. The lowest BCUT2D eigenvalue weighted by atomic mass is 9.99. The van der Waals surface area contributed by atoms with E-state index in [-0.39, 0.29) is 11.3 Å². The highest BCUT2D eigenvalue weighted by Crippen LogP contribution is 2.39. The monoisotopic (exact) mass is 382 g/mol. The van der Waals surface area contributed by atoms with Gasteiger partial charge in [-0.05, 0) is 32.1 Å². The minimum Gasteiger partial charge on any atom is -0.507 e. The van der Waals surface area contributed by atoms with Crippen molar-refractivity contribution in [3.63, 3.8) is 0 Å². The summed E-state index contributed by atoms with van der Waals surface area (Å²) in [5.74, 6) is -1.00. The Hall–Kier alpha value is -2.86. The standard InChI is InChI=1S/C22H26N2O4/c1-4-23(5-2)12-13-24-19(17-7-6-14-28-17)18(21(26)22(24)27)20(25)16-10-8-15(3)9-11-16/h6-11,14,19,25H,4-5,12-13H2,1-3H3/b20-18+/t19-/m1/s1. The van der Waals surface area contributed by atoms with E-state index in [1.54, 1.807) is 24.3 Å². The molecule has 1 aromatic carbocycles. The highest BCUT2D eigenvalue weighted by molar-refractivity contribution is 6.46. The minimum absolute atomic E-state index is 0.0725. The first kappa shape index (κ1) is 19.9. The predicted octanol–water partition coefficient (Wildman–Crippen LogP) is 3.35. The van der Waals surface area contributed by atoms with Crippen LogP contribution in [0.4, 0.5) is 0 Å². The zero-order valence-corrected chi connectivity index (χ0v) is 16.5. The molecule has 1 atom stereocenters. The summed E-state index contributed by atoms with van der Waals surface area (Å²) < 4.78 is 5.53. The zero-order chi connectivity index (χ0) is 20.3. The van der Waals surface area contributed by atoms with Gasteiger partial charge in [0.05, 0.1) is 11.8 Å². The van der Waals surface area contributed by atoms with E-state index in [9.17, 15) is 14.7 Å². The van der Waals surface area contributed by atoms with Crippen molar-refractivity contribution >= 4 is 17.4 Å². The molecule has 1 aromatic heterocycles. The largest absolute Gasteiger partial charge is 0.507 e. The van der Waals surface area contributed by atoms with Crippen LogP contribution in [0.1, 0.15) is 36.8 Å². The van der Waals surface area contributed by atoms with Crippen molar-refractivity contribution < 1.29 is 19.1 Å². The van der Waals surface area contributed by atoms with Crippen LogP contribution in [0.2, 0.25) is 0 Å². The Morgan fingerprint density at radius 3 is 2.39 bits per heavy atom. The highest BCUT2D eigenvalue weighted by atomic mass is 16.3. The number of likely N-dealkylation sites (tertiary alicyclic amines) is 1. The van der Waals surface area contributed by atoms with Crippen LogP contribution in [-0.2, 0) is 9.59 Å². The maximum Gasteiger partial charge on any atom is 0.295 e. The van der Waals surface area contributed by atoms with Crippen LogP contribution in [0.15, 0.2) is 52.7 Å². The number of aliphatic hydroxyl groups excluding tert-OH is 1. The average Bonchev–Trinajstić information content (AvgIpc) is 3.31. The number of benzene rings is 1. The number of nitrogens with zero attached hydrogens (tertiary/aromatic N) is 2. The molecule has 0 aliphatic carbocycles. The number of hydrogen-bond donors (Lipinski definition) is 1. The van der Waals surface area contributed by atoms with Gasteiger partial charge in [0.25, 0.3) is 11.7 Å². The summed E-state index contributed by atoms with van der Waals surface area (Å²) in [7, 11) is 0. The molecule has 1 saturated heterocycles. The van der Waals surface area contributed by atoms with Gasteiger partial charge in [-0.25, -0.2) is 0 Å². The molecule has 1 amide bonds. The number of carbonyl (C=O) groups excluding carboxylic acids is 2. The van der Waals surface area contributed by atoms with Crippen LogP contribution in [0.3, 0.4) is 0 Å². The number of hydrogen-bond acceptors (Lipinski definition) is 5. The smallest absolute Gasteiger partial charge is 0.295 e. The molecule has 6 nitrogen and oxygen atoms in total. The van der Waals surface area contributed by atoms with Crippen molar-refractivity contribution in [2.75, 3.05) is 26.2 Å². The summed E-state index contributed by atoms with van der Waals surface area (Å²) in [6, 6.07) is 9.91. The molecule has 28 heavy (non-hydrogen) atoms. The molecule has 1 aliphatic heterocycles. The summed E-state index contributed by atoms with van der Waals surface area (Å²) in [6.45, 7) is 8.78. The van der Waals surface area contributed by atoms with Gasteiger partial charge in [0.1, 0.15) is 17.6 Å². The Bertz CT molecular complexity index is 864. The van der Waals surface area contributed by atoms with Gasteiger partial charge >= 0.3 is 0 Å². The Kier molecular flexibility index (Phi) is 5.99. The summed E-state index contributed by atoms with van der Waals surface area (Å²) in [4.78, 5) is 29.3. The quantitative estimate of drug-likeness (QED) is 0.452. The van der Waals surface area contributed by atoms with Crippen LogP contribution in [-0.4, -0.2) is 52.8 Å². The molecule has 1 N–H and O–H groups in total. The van der Waals surface area contributed by atoms with Crippen LogP contribution in [0, 0.1) is 6.92 Å². The first-order valence-electron chi connectivity index (χ1n) is 9.59. The highest BCUT2D eigenvalue weighted by Gasteiger charge is 2.47. The van der Waals surface area contributed by atoms with Gasteiger partial charge in [0.15, 0.2) is 0 Å². The lowest BCUT2D eigenvalue weighted by Crippen LogP contribution is -2.37. The Morgan fingerprint density at radius 1 is 1.14 bits per heavy atom. The topological polar surface area (TPSA) is 74.0 Å². The third-order valence-corrected chi connectivity index (χ3v) is 5.23. The number of Topliss-reactive ketones (excluding diaryl/α,β-unsaturated/α-hetero) is 1. The van der Waals surface area contributed by atoms with Crippen molar-refractivity contribution in [1.29, 1.82) is 0 Å². The molecule has 0 saturated carbocycles. The Labute approximate surface area is 165 Å². The number of rotatable bonds is 7. The molecule has 0 spiro atoms. The molecule has 2 aromatic rings. The van der Waals surface area contributed by atoms with Crippen molar-refractivity contribution in [2.24, 2.45) is 0 Å². The molecule has 3 rings (SSSR count). The number of amides is 1. The average molecular weight is 382 g/mol. The molecular formula is C22H26N2O4. The van der Waals surface area contributed by atoms with E-state index in [0.717, 1.165) is 18.7 Å². The number of aryl methyl sites for hydroxylation is 1. The Morgan fingerprint density at radius 2 is 1.82 bits per heavy atom. The maximum absolute atomic E-state index is 12.8. The fourth-order valence-corrected chi connectivity index (χ4v) is 3.51.